The first kappa shape index (κ1) is 25.3. The third-order valence-corrected chi connectivity index (χ3v) is 8.65. The van der Waals surface area contributed by atoms with Crippen LogP contribution in [0.3, 0.4) is 0 Å². The number of nitrogens with zero attached hydrogens (tertiary/aromatic N) is 3. The molecule has 0 radical (unpaired) electrons. The fourth-order valence-electron chi connectivity index (χ4n) is 6.94. The molecule has 9 nitrogen and oxygen atoms in total. The molecular weight excluding hydrogens is 520 g/mol. The molecule has 4 atom stereocenters. The van der Waals surface area contributed by atoms with E-state index < -0.39 is 23.3 Å². The maximum atomic E-state index is 14.5. The van der Waals surface area contributed by atoms with Crippen LogP contribution in [-0.2, 0) is 19.9 Å². The summed E-state index contributed by atoms with van der Waals surface area (Å²) in [4.78, 5) is 60.9. The maximum absolute atomic E-state index is 14.5. The van der Waals surface area contributed by atoms with Gasteiger partial charge in [0.2, 0.25) is 11.8 Å². The molecule has 1 aromatic heterocycles. The van der Waals surface area contributed by atoms with Gasteiger partial charge in [-0.05, 0) is 55.3 Å². The first-order valence-corrected chi connectivity index (χ1v) is 13.8. The third-order valence-electron chi connectivity index (χ3n) is 8.65. The van der Waals surface area contributed by atoms with Gasteiger partial charge >= 0.3 is 5.97 Å². The van der Waals surface area contributed by atoms with E-state index in [1.54, 1.807) is 54.0 Å². The Morgan fingerprint density at radius 1 is 0.976 bits per heavy atom. The zero-order valence-corrected chi connectivity index (χ0v) is 22.8. The van der Waals surface area contributed by atoms with Crippen LogP contribution in [0.5, 0.6) is 0 Å². The second-order valence-corrected chi connectivity index (χ2v) is 11.1. The van der Waals surface area contributed by atoms with E-state index >= 15 is 0 Å². The van der Waals surface area contributed by atoms with E-state index in [0.29, 0.717) is 33.7 Å². The van der Waals surface area contributed by atoms with Gasteiger partial charge in [0.1, 0.15) is 11.4 Å². The molecule has 1 N–H and O–H groups in total. The predicted octanol–water partition coefficient (Wildman–Crippen LogP) is 3.55. The number of imide groups is 1. The van der Waals surface area contributed by atoms with Crippen molar-refractivity contribution in [2.45, 2.75) is 32.4 Å². The summed E-state index contributed by atoms with van der Waals surface area (Å²) in [5.41, 5.74) is 1.25. The number of ether oxygens (including phenoxy) is 1. The van der Waals surface area contributed by atoms with Crippen LogP contribution in [0.4, 0.5) is 5.69 Å². The molecule has 0 bridgehead atoms. The molecule has 7 rings (SSSR count). The van der Waals surface area contributed by atoms with Crippen molar-refractivity contribution >= 4 is 34.4 Å². The lowest BCUT2D eigenvalue weighted by molar-refractivity contribution is -0.123. The van der Waals surface area contributed by atoms with Crippen molar-refractivity contribution in [1.29, 1.82) is 0 Å². The molecule has 2 amide bonds. The first-order valence-electron chi connectivity index (χ1n) is 13.8. The molecule has 2 fully saturated rings. The summed E-state index contributed by atoms with van der Waals surface area (Å²) in [6.45, 7) is 6.01. The summed E-state index contributed by atoms with van der Waals surface area (Å²) in [6, 6.07) is 20.6. The Bertz CT molecular complexity index is 1830. The van der Waals surface area contributed by atoms with Gasteiger partial charge in [-0.15, -0.1) is 0 Å². The van der Waals surface area contributed by atoms with Crippen LogP contribution >= 0.6 is 0 Å². The number of nitrogens with one attached hydrogen (secondary N) is 1. The molecule has 4 aromatic rings. The molecule has 41 heavy (non-hydrogen) atoms. The Morgan fingerprint density at radius 2 is 1.68 bits per heavy atom. The van der Waals surface area contributed by atoms with Gasteiger partial charge in [0.25, 0.3) is 5.56 Å². The normalized spacial score (nSPS) is 24.3. The summed E-state index contributed by atoms with van der Waals surface area (Å²) in [6.07, 6.45) is 0. The van der Waals surface area contributed by atoms with E-state index in [9.17, 15) is 19.2 Å². The number of hydrogen-bond acceptors (Lipinski definition) is 7. The summed E-state index contributed by atoms with van der Waals surface area (Å²) in [7, 11) is 0. The number of fused-ring (bicyclic) bond motifs is 8. The lowest BCUT2D eigenvalue weighted by Gasteiger charge is -2.32. The van der Waals surface area contributed by atoms with Gasteiger partial charge in [-0.25, -0.2) is 14.7 Å². The van der Waals surface area contributed by atoms with Crippen molar-refractivity contribution in [1.82, 2.24) is 14.9 Å². The zero-order chi connectivity index (χ0) is 28.6. The van der Waals surface area contributed by atoms with Gasteiger partial charge in [0, 0.05) is 11.6 Å². The van der Waals surface area contributed by atoms with Crippen LogP contribution in [0, 0.1) is 17.8 Å². The highest BCUT2D eigenvalue weighted by Crippen LogP contribution is 2.56. The van der Waals surface area contributed by atoms with Gasteiger partial charge in [-0.2, -0.15) is 0 Å². The zero-order valence-electron chi connectivity index (χ0n) is 22.8. The average Bonchev–Trinajstić information content (AvgIpc) is 3.57. The quantitative estimate of drug-likeness (QED) is 0.307. The lowest BCUT2D eigenvalue weighted by Crippen LogP contribution is -2.51. The third kappa shape index (κ3) is 3.29. The minimum Gasteiger partial charge on any atom is -0.462 e. The molecule has 3 aromatic carbocycles. The number of rotatable bonds is 4. The van der Waals surface area contributed by atoms with Gasteiger partial charge in [-0.1, -0.05) is 44.2 Å². The Morgan fingerprint density at radius 3 is 2.41 bits per heavy atom. The smallest absolute Gasteiger partial charge is 0.338 e. The molecule has 9 heteroatoms. The second-order valence-electron chi connectivity index (χ2n) is 11.1. The molecule has 0 saturated carbocycles. The van der Waals surface area contributed by atoms with Crippen molar-refractivity contribution in [2.75, 3.05) is 11.5 Å². The lowest BCUT2D eigenvalue weighted by atomic mass is 9.75. The van der Waals surface area contributed by atoms with Crippen molar-refractivity contribution in [3.63, 3.8) is 0 Å². The van der Waals surface area contributed by atoms with E-state index in [2.05, 4.69) is 5.32 Å². The topological polar surface area (TPSA) is 111 Å². The van der Waals surface area contributed by atoms with Gasteiger partial charge in [0.15, 0.2) is 0 Å². The number of amides is 2. The van der Waals surface area contributed by atoms with E-state index in [-0.39, 0.29) is 35.9 Å². The van der Waals surface area contributed by atoms with Crippen LogP contribution in [-0.4, -0.2) is 40.0 Å². The van der Waals surface area contributed by atoms with Gasteiger partial charge < -0.3 is 4.74 Å². The molecule has 4 heterocycles. The Kier molecular flexibility index (Phi) is 5.53. The van der Waals surface area contributed by atoms with Crippen LogP contribution in [0.15, 0.2) is 77.6 Å². The predicted molar refractivity (Wildman–Crippen MR) is 152 cm³/mol. The highest BCUT2D eigenvalue weighted by molar-refractivity contribution is 6.23. The number of esters is 1. The maximum Gasteiger partial charge on any atom is 0.338 e. The van der Waals surface area contributed by atoms with E-state index in [1.165, 1.54) is 4.90 Å². The molecule has 206 valence electrons. The van der Waals surface area contributed by atoms with Crippen LogP contribution < -0.4 is 15.8 Å². The SMILES string of the molecule is CCOC(=O)c1ccc(N2C(=O)C3C(C(C)C)NC4(c5ccccc5-n5c4nc4ccccc4c5=O)C3C2=O)cc1. The molecule has 0 aliphatic carbocycles. The fourth-order valence-corrected chi connectivity index (χ4v) is 6.94. The summed E-state index contributed by atoms with van der Waals surface area (Å²) in [5, 5.41) is 4.17. The van der Waals surface area contributed by atoms with Crippen LogP contribution in [0.2, 0.25) is 0 Å². The number of benzene rings is 3. The van der Waals surface area contributed by atoms with Crippen molar-refractivity contribution in [3.05, 3.63) is 100 Å². The minimum atomic E-state index is -1.19. The monoisotopic (exact) mass is 548 g/mol. The Labute approximate surface area is 235 Å². The Balaban J connectivity index is 1.43. The molecule has 2 saturated heterocycles. The largest absolute Gasteiger partial charge is 0.462 e. The molecular formula is C32H28N4O5. The molecule has 3 aliphatic heterocycles. The second kappa shape index (κ2) is 8.94. The van der Waals surface area contributed by atoms with Crippen molar-refractivity contribution in [3.8, 4) is 5.69 Å². The van der Waals surface area contributed by atoms with E-state index in [1.807, 2.05) is 44.2 Å². The highest BCUT2D eigenvalue weighted by Gasteiger charge is 2.70. The van der Waals surface area contributed by atoms with Crippen LogP contribution in [0.1, 0.15) is 42.5 Å². The average molecular weight is 549 g/mol. The molecule has 3 aliphatic rings. The van der Waals surface area contributed by atoms with Crippen molar-refractivity contribution < 1.29 is 19.1 Å². The molecule has 1 spiro atoms. The highest BCUT2D eigenvalue weighted by atomic mass is 16.5. The van der Waals surface area contributed by atoms with Gasteiger partial charge in [0.05, 0.1) is 46.3 Å². The van der Waals surface area contributed by atoms with Crippen LogP contribution in [0.25, 0.3) is 16.6 Å². The summed E-state index contributed by atoms with van der Waals surface area (Å²) in [5.74, 6) is -2.26. The fraction of sp³-hybridized carbons (Fsp3) is 0.281. The number of carbonyl (C=O) groups excluding carboxylic acids is 3. The number of anilines is 1. The van der Waals surface area contributed by atoms with Crippen molar-refractivity contribution in [2.24, 2.45) is 17.8 Å². The first-order chi connectivity index (χ1) is 19.8. The molecule has 4 unspecified atom stereocenters. The summed E-state index contributed by atoms with van der Waals surface area (Å²) >= 11 is 0. The van der Waals surface area contributed by atoms with E-state index in [0.717, 1.165) is 5.56 Å². The standard InChI is InChI=1S/C32H28N4O5/c1-4-41-30(40)18-13-15-19(16-14-18)35-28(38)24-25(29(35)39)32(34-26(24)17(2)3)21-10-6-8-12-23(21)36-27(37)20-9-5-7-11-22(20)33-31(32)36/h5-17,24-26,34H,4H2,1-3H3. The number of aromatic nitrogens is 2. The minimum absolute atomic E-state index is 0.00171. The summed E-state index contributed by atoms with van der Waals surface area (Å²) < 4.78 is 6.67. The van der Waals surface area contributed by atoms with E-state index in [4.69, 9.17) is 9.72 Å². The van der Waals surface area contributed by atoms with Gasteiger partial charge in [-0.3, -0.25) is 24.3 Å². The number of carbonyl (C=O) groups is 3. The number of hydrogen-bond donors (Lipinski definition) is 1. The number of para-hydroxylation sites is 2. The Hall–Kier alpha value is -4.63.